The van der Waals surface area contributed by atoms with Crippen molar-refractivity contribution in [2.45, 2.75) is 19.9 Å². The molecule has 138 valence electrons. The van der Waals surface area contributed by atoms with E-state index in [0.29, 0.717) is 11.5 Å². The number of phenols is 1. The van der Waals surface area contributed by atoms with Crippen molar-refractivity contribution in [1.29, 1.82) is 0 Å². The largest absolute Gasteiger partial charge is 0.506 e. The number of hydrogen-bond acceptors (Lipinski definition) is 5. The first kappa shape index (κ1) is 19.1. The number of amides is 2. The molecule has 0 radical (unpaired) electrons. The van der Waals surface area contributed by atoms with Crippen molar-refractivity contribution >= 4 is 17.5 Å². The zero-order valence-electron chi connectivity index (χ0n) is 15.1. The average molecular weight is 358 g/mol. The third kappa shape index (κ3) is 4.44. The molecule has 2 aromatic rings. The molecule has 26 heavy (non-hydrogen) atoms. The lowest BCUT2D eigenvalue weighted by atomic mass is 10.1. The van der Waals surface area contributed by atoms with E-state index in [-0.39, 0.29) is 11.4 Å². The third-order valence-electron chi connectivity index (χ3n) is 3.86. The molecule has 2 rings (SSSR count). The summed E-state index contributed by atoms with van der Waals surface area (Å²) in [5.41, 5.74) is 1.77. The van der Waals surface area contributed by atoms with Crippen LogP contribution in [0.3, 0.4) is 0 Å². The SMILES string of the molecule is COc1ccc(C(C)NC(=O)C(=O)Nc2ccc(C)cc2O)cc1OC. The lowest BCUT2D eigenvalue weighted by Crippen LogP contribution is -2.36. The smallest absolute Gasteiger partial charge is 0.313 e. The normalized spacial score (nSPS) is 11.4. The predicted molar refractivity (Wildman–Crippen MR) is 97.6 cm³/mol. The van der Waals surface area contributed by atoms with Gasteiger partial charge in [0.2, 0.25) is 0 Å². The van der Waals surface area contributed by atoms with Gasteiger partial charge in [-0.15, -0.1) is 0 Å². The highest BCUT2D eigenvalue weighted by molar-refractivity contribution is 6.39. The zero-order chi connectivity index (χ0) is 19.3. The molecule has 0 aromatic heterocycles. The molecular formula is C19H22N2O5. The van der Waals surface area contributed by atoms with E-state index in [1.165, 1.54) is 26.4 Å². The monoisotopic (exact) mass is 358 g/mol. The van der Waals surface area contributed by atoms with E-state index >= 15 is 0 Å². The maximum atomic E-state index is 12.1. The van der Waals surface area contributed by atoms with Gasteiger partial charge < -0.3 is 25.2 Å². The number of ether oxygens (including phenoxy) is 2. The molecule has 2 aromatic carbocycles. The Hall–Kier alpha value is -3.22. The molecule has 0 saturated heterocycles. The average Bonchev–Trinajstić information content (AvgIpc) is 2.63. The number of rotatable bonds is 5. The van der Waals surface area contributed by atoms with Crippen LogP contribution in [-0.4, -0.2) is 31.1 Å². The molecule has 0 aliphatic carbocycles. The highest BCUT2D eigenvalue weighted by Gasteiger charge is 2.19. The number of carbonyl (C=O) groups is 2. The topological polar surface area (TPSA) is 96.9 Å². The van der Waals surface area contributed by atoms with Crippen LogP contribution in [0.1, 0.15) is 24.1 Å². The molecule has 0 heterocycles. The molecule has 0 saturated carbocycles. The van der Waals surface area contributed by atoms with Crippen molar-refractivity contribution < 1.29 is 24.2 Å². The summed E-state index contributed by atoms with van der Waals surface area (Å²) in [6.45, 7) is 3.55. The standard InChI is InChI=1S/C19H22N2O5/c1-11-5-7-14(15(22)9-11)21-19(24)18(23)20-12(2)13-6-8-16(25-3)17(10-13)26-4/h5-10,12,22H,1-4H3,(H,20,23)(H,21,24). The van der Waals surface area contributed by atoms with Crippen LogP contribution in [0.15, 0.2) is 36.4 Å². The van der Waals surface area contributed by atoms with Gasteiger partial charge in [-0.05, 0) is 49.2 Å². The van der Waals surface area contributed by atoms with Crippen molar-refractivity contribution in [3.63, 3.8) is 0 Å². The van der Waals surface area contributed by atoms with Gasteiger partial charge in [0.25, 0.3) is 0 Å². The Morgan fingerprint density at radius 3 is 2.31 bits per heavy atom. The summed E-state index contributed by atoms with van der Waals surface area (Å²) in [7, 11) is 3.06. The lowest BCUT2D eigenvalue weighted by molar-refractivity contribution is -0.136. The van der Waals surface area contributed by atoms with Gasteiger partial charge in [0.05, 0.1) is 25.9 Å². The van der Waals surface area contributed by atoms with Crippen LogP contribution in [0.2, 0.25) is 0 Å². The number of nitrogens with one attached hydrogen (secondary N) is 2. The number of hydrogen-bond donors (Lipinski definition) is 3. The summed E-state index contributed by atoms with van der Waals surface area (Å²) < 4.78 is 10.4. The summed E-state index contributed by atoms with van der Waals surface area (Å²) in [4.78, 5) is 24.2. The van der Waals surface area contributed by atoms with Crippen LogP contribution in [0.5, 0.6) is 17.2 Å². The quantitative estimate of drug-likeness (QED) is 0.564. The van der Waals surface area contributed by atoms with E-state index in [4.69, 9.17) is 9.47 Å². The first-order chi connectivity index (χ1) is 12.3. The number of anilines is 1. The lowest BCUT2D eigenvalue weighted by Gasteiger charge is -2.16. The number of benzene rings is 2. The van der Waals surface area contributed by atoms with Crippen LogP contribution in [0.25, 0.3) is 0 Å². The molecule has 7 heteroatoms. The Morgan fingerprint density at radius 1 is 1.00 bits per heavy atom. The fourth-order valence-corrected chi connectivity index (χ4v) is 2.39. The fraction of sp³-hybridized carbons (Fsp3) is 0.263. The predicted octanol–water partition coefficient (Wildman–Crippen LogP) is 2.53. The summed E-state index contributed by atoms with van der Waals surface area (Å²) >= 11 is 0. The van der Waals surface area contributed by atoms with Crippen LogP contribution in [-0.2, 0) is 9.59 Å². The van der Waals surface area contributed by atoms with Crippen LogP contribution < -0.4 is 20.1 Å². The van der Waals surface area contributed by atoms with Gasteiger partial charge in [-0.25, -0.2) is 0 Å². The van der Waals surface area contributed by atoms with Crippen molar-refractivity contribution in [2.24, 2.45) is 0 Å². The maximum absolute atomic E-state index is 12.1. The number of aromatic hydroxyl groups is 1. The van der Waals surface area contributed by atoms with Crippen molar-refractivity contribution in [1.82, 2.24) is 5.32 Å². The highest BCUT2D eigenvalue weighted by atomic mass is 16.5. The van der Waals surface area contributed by atoms with Crippen LogP contribution in [0, 0.1) is 6.92 Å². The number of phenolic OH excluding ortho intramolecular Hbond substituents is 1. The Labute approximate surface area is 151 Å². The molecule has 7 nitrogen and oxygen atoms in total. The molecule has 0 fully saturated rings. The molecule has 0 bridgehead atoms. The van der Waals surface area contributed by atoms with Gasteiger partial charge in [-0.2, -0.15) is 0 Å². The summed E-state index contributed by atoms with van der Waals surface area (Å²) in [5.74, 6) is -0.676. The number of carbonyl (C=O) groups excluding carboxylic acids is 2. The molecular weight excluding hydrogens is 336 g/mol. The minimum Gasteiger partial charge on any atom is -0.506 e. The second kappa shape index (κ2) is 8.24. The van der Waals surface area contributed by atoms with Crippen LogP contribution >= 0.6 is 0 Å². The third-order valence-corrected chi connectivity index (χ3v) is 3.86. The molecule has 1 unspecified atom stereocenters. The van der Waals surface area contributed by atoms with Gasteiger partial charge in [-0.1, -0.05) is 12.1 Å². The number of methoxy groups -OCH3 is 2. The van der Waals surface area contributed by atoms with E-state index in [0.717, 1.165) is 11.1 Å². The highest BCUT2D eigenvalue weighted by Crippen LogP contribution is 2.30. The molecule has 0 aliphatic heterocycles. The molecule has 0 spiro atoms. The Morgan fingerprint density at radius 2 is 1.69 bits per heavy atom. The maximum Gasteiger partial charge on any atom is 0.313 e. The first-order valence-corrected chi connectivity index (χ1v) is 7.99. The second-order valence-electron chi connectivity index (χ2n) is 5.78. The van der Waals surface area contributed by atoms with E-state index in [9.17, 15) is 14.7 Å². The number of aryl methyl sites for hydroxylation is 1. The van der Waals surface area contributed by atoms with Gasteiger partial charge in [-0.3, -0.25) is 9.59 Å². The first-order valence-electron chi connectivity index (χ1n) is 7.99. The Kier molecular flexibility index (Phi) is 6.06. The van der Waals surface area contributed by atoms with Crippen molar-refractivity contribution in [3.8, 4) is 17.2 Å². The Balaban J connectivity index is 2.05. The van der Waals surface area contributed by atoms with Crippen LogP contribution in [0.4, 0.5) is 5.69 Å². The van der Waals surface area contributed by atoms with E-state index < -0.39 is 17.9 Å². The summed E-state index contributed by atoms with van der Waals surface area (Å²) in [5, 5.41) is 14.8. The fourth-order valence-electron chi connectivity index (χ4n) is 2.39. The van der Waals surface area contributed by atoms with Crippen molar-refractivity contribution in [3.05, 3.63) is 47.5 Å². The van der Waals surface area contributed by atoms with Gasteiger partial charge in [0.1, 0.15) is 5.75 Å². The zero-order valence-corrected chi connectivity index (χ0v) is 15.1. The minimum atomic E-state index is -0.864. The van der Waals surface area contributed by atoms with E-state index in [1.807, 2.05) is 6.92 Å². The summed E-state index contributed by atoms with van der Waals surface area (Å²) in [6.07, 6.45) is 0. The minimum absolute atomic E-state index is 0.0981. The van der Waals surface area contributed by atoms with E-state index in [1.54, 1.807) is 31.2 Å². The van der Waals surface area contributed by atoms with Crippen molar-refractivity contribution in [2.75, 3.05) is 19.5 Å². The Bertz CT molecular complexity index is 820. The molecule has 0 aliphatic rings. The molecule has 3 N–H and O–H groups in total. The second-order valence-corrected chi connectivity index (χ2v) is 5.78. The van der Waals surface area contributed by atoms with Gasteiger partial charge >= 0.3 is 11.8 Å². The van der Waals surface area contributed by atoms with E-state index in [2.05, 4.69) is 10.6 Å². The molecule has 2 amide bonds. The molecule has 1 atom stereocenters. The summed E-state index contributed by atoms with van der Waals surface area (Å²) in [6, 6.07) is 9.55. The van der Waals surface area contributed by atoms with Gasteiger partial charge in [0.15, 0.2) is 11.5 Å². The van der Waals surface area contributed by atoms with Gasteiger partial charge in [0, 0.05) is 0 Å².